The Morgan fingerprint density at radius 3 is 2.59 bits per heavy atom. The van der Waals surface area contributed by atoms with E-state index in [9.17, 15) is 9.50 Å². The van der Waals surface area contributed by atoms with Gasteiger partial charge in [0.05, 0.1) is 16.5 Å². The minimum Gasteiger partial charge on any atom is -0.392 e. The molecule has 0 radical (unpaired) electrons. The molecule has 0 amide bonds. The monoisotopic (exact) mass is 268 g/mol. The third-order valence-corrected chi connectivity index (χ3v) is 3.95. The summed E-state index contributed by atoms with van der Waals surface area (Å²) in [7, 11) is 0. The molecule has 0 aliphatic heterocycles. The van der Waals surface area contributed by atoms with Crippen LogP contribution in [0.15, 0.2) is 52.3 Å². The zero-order chi connectivity index (χ0) is 12.3. The highest BCUT2D eigenvalue weighted by Gasteiger charge is 2.11. The van der Waals surface area contributed by atoms with Gasteiger partial charge in [0.25, 0.3) is 0 Å². The first kappa shape index (κ1) is 12.4. The van der Waals surface area contributed by atoms with E-state index in [4.69, 9.17) is 11.6 Å². The summed E-state index contributed by atoms with van der Waals surface area (Å²) in [5.41, 5.74) is 0.565. The van der Waals surface area contributed by atoms with Crippen molar-refractivity contribution in [1.29, 1.82) is 0 Å². The van der Waals surface area contributed by atoms with Crippen molar-refractivity contribution in [2.75, 3.05) is 0 Å². The molecule has 2 rings (SSSR count). The van der Waals surface area contributed by atoms with Crippen LogP contribution < -0.4 is 0 Å². The molecule has 2 aromatic rings. The first-order chi connectivity index (χ1) is 8.22. The lowest BCUT2D eigenvalue weighted by atomic mass is 10.2. The first-order valence-corrected chi connectivity index (χ1v) is 6.22. The van der Waals surface area contributed by atoms with Crippen LogP contribution in [0.5, 0.6) is 0 Å². The van der Waals surface area contributed by atoms with Gasteiger partial charge in [0, 0.05) is 4.90 Å². The highest BCUT2D eigenvalue weighted by atomic mass is 35.5. The Bertz CT molecular complexity index is 531. The van der Waals surface area contributed by atoms with Gasteiger partial charge in [-0.05, 0) is 23.8 Å². The van der Waals surface area contributed by atoms with Crippen molar-refractivity contribution in [2.24, 2.45) is 0 Å². The van der Waals surface area contributed by atoms with E-state index in [1.165, 1.54) is 17.8 Å². The van der Waals surface area contributed by atoms with Gasteiger partial charge in [-0.25, -0.2) is 4.39 Å². The molecule has 0 atom stereocenters. The van der Waals surface area contributed by atoms with E-state index in [2.05, 4.69) is 0 Å². The van der Waals surface area contributed by atoms with Gasteiger partial charge in [-0.2, -0.15) is 0 Å². The maximum atomic E-state index is 13.7. The highest BCUT2D eigenvalue weighted by molar-refractivity contribution is 7.99. The number of aliphatic hydroxyl groups is 1. The van der Waals surface area contributed by atoms with Crippen LogP contribution in [-0.2, 0) is 6.61 Å². The minimum absolute atomic E-state index is 0.190. The van der Waals surface area contributed by atoms with Gasteiger partial charge in [0.15, 0.2) is 0 Å². The van der Waals surface area contributed by atoms with Crippen molar-refractivity contribution >= 4 is 23.4 Å². The van der Waals surface area contributed by atoms with Crippen LogP contribution >= 0.6 is 23.4 Å². The van der Waals surface area contributed by atoms with E-state index in [1.807, 2.05) is 18.2 Å². The van der Waals surface area contributed by atoms with E-state index in [1.54, 1.807) is 18.2 Å². The Labute approximate surface area is 108 Å². The van der Waals surface area contributed by atoms with Crippen LogP contribution in [0.3, 0.4) is 0 Å². The zero-order valence-electron chi connectivity index (χ0n) is 8.86. The molecule has 0 heterocycles. The maximum Gasteiger partial charge on any atom is 0.137 e. The molecule has 0 fully saturated rings. The molecule has 0 aliphatic carbocycles. The lowest BCUT2D eigenvalue weighted by Crippen LogP contribution is -1.91. The van der Waals surface area contributed by atoms with Crippen LogP contribution in [0, 0.1) is 5.82 Å². The Balaban J connectivity index is 2.39. The summed E-state index contributed by atoms with van der Waals surface area (Å²) in [5, 5.41) is 9.75. The second-order valence-electron chi connectivity index (χ2n) is 3.42. The van der Waals surface area contributed by atoms with Crippen molar-refractivity contribution in [3.8, 4) is 0 Å². The molecule has 17 heavy (non-hydrogen) atoms. The van der Waals surface area contributed by atoms with E-state index in [0.29, 0.717) is 15.5 Å². The summed E-state index contributed by atoms with van der Waals surface area (Å²) in [6, 6.07) is 11.9. The lowest BCUT2D eigenvalue weighted by molar-refractivity contribution is 0.277. The molecule has 0 spiro atoms. The summed E-state index contributed by atoms with van der Waals surface area (Å²) in [6.07, 6.45) is 0. The van der Waals surface area contributed by atoms with Gasteiger partial charge >= 0.3 is 0 Å². The summed E-state index contributed by atoms with van der Waals surface area (Å²) in [5.74, 6) is -0.346. The van der Waals surface area contributed by atoms with Crippen LogP contribution in [0.2, 0.25) is 5.02 Å². The van der Waals surface area contributed by atoms with Crippen molar-refractivity contribution in [1.82, 2.24) is 0 Å². The number of halogens is 2. The van der Waals surface area contributed by atoms with Crippen molar-refractivity contribution in [3.05, 3.63) is 58.9 Å². The van der Waals surface area contributed by atoms with E-state index < -0.39 is 0 Å². The number of benzene rings is 2. The van der Waals surface area contributed by atoms with Gasteiger partial charge in [-0.1, -0.05) is 47.6 Å². The Hall–Kier alpha value is -1.03. The standard InChI is InChI=1S/C13H10ClFOS/c14-10-5-1-2-7-12(10)17-13-9(8-16)4-3-6-11(13)15/h1-7,16H,8H2. The van der Waals surface area contributed by atoms with Gasteiger partial charge in [-0.3, -0.25) is 0 Å². The summed E-state index contributed by atoms with van der Waals surface area (Å²) in [6.45, 7) is -0.190. The van der Waals surface area contributed by atoms with Crippen LogP contribution in [0.1, 0.15) is 5.56 Å². The molecular formula is C13H10ClFOS. The molecule has 0 saturated carbocycles. The maximum absolute atomic E-state index is 13.7. The van der Waals surface area contributed by atoms with E-state index in [0.717, 1.165) is 4.90 Å². The highest BCUT2D eigenvalue weighted by Crippen LogP contribution is 2.36. The average Bonchev–Trinajstić information content (AvgIpc) is 2.34. The quantitative estimate of drug-likeness (QED) is 0.903. The number of hydrogen-bond acceptors (Lipinski definition) is 2. The van der Waals surface area contributed by atoms with Gasteiger partial charge in [0.2, 0.25) is 0 Å². The average molecular weight is 269 g/mol. The fourth-order valence-electron chi connectivity index (χ4n) is 1.43. The van der Waals surface area contributed by atoms with Crippen LogP contribution in [-0.4, -0.2) is 5.11 Å². The first-order valence-electron chi connectivity index (χ1n) is 5.03. The minimum atomic E-state index is -0.346. The zero-order valence-corrected chi connectivity index (χ0v) is 10.4. The molecule has 88 valence electrons. The molecule has 2 aromatic carbocycles. The Kier molecular flexibility index (Phi) is 4.05. The Morgan fingerprint density at radius 2 is 1.88 bits per heavy atom. The third-order valence-electron chi connectivity index (χ3n) is 2.27. The van der Waals surface area contributed by atoms with Crippen molar-refractivity contribution in [3.63, 3.8) is 0 Å². The smallest absolute Gasteiger partial charge is 0.137 e. The fraction of sp³-hybridized carbons (Fsp3) is 0.0769. The van der Waals surface area contributed by atoms with Gasteiger partial charge in [-0.15, -0.1) is 0 Å². The molecule has 1 N–H and O–H groups in total. The second-order valence-corrected chi connectivity index (χ2v) is 4.88. The molecule has 0 aliphatic rings. The molecule has 0 bridgehead atoms. The van der Waals surface area contributed by atoms with Gasteiger partial charge < -0.3 is 5.11 Å². The van der Waals surface area contributed by atoms with Crippen molar-refractivity contribution < 1.29 is 9.50 Å². The van der Waals surface area contributed by atoms with Crippen LogP contribution in [0.25, 0.3) is 0 Å². The Morgan fingerprint density at radius 1 is 1.12 bits per heavy atom. The summed E-state index contributed by atoms with van der Waals surface area (Å²) < 4.78 is 13.7. The van der Waals surface area contributed by atoms with E-state index >= 15 is 0 Å². The molecular weight excluding hydrogens is 259 g/mol. The van der Waals surface area contributed by atoms with Gasteiger partial charge in [0.1, 0.15) is 5.82 Å². The SMILES string of the molecule is OCc1cccc(F)c1Sc1ccccc1Cl. The molecule has 0 saturated heterocycles. The topological polar surface area (TPSA) is 20.2 Å². The summed E-state index contributed by atoms with van der Waals surface area (Å²) in [4.78, 5) is 1.19. The van der Waals surface area contributed by atoms with Crippen molar-refractivity contribution in [2.45, 2.75) is 16.4 Å². The molecule has 0 aromatic heterocycles. The third kappa shape index (κ3) is 2.80. The number of hydrogen-bond donors (Lipinski definition) is 1. The van der Waals surface area contributed by atoms with E-state index in [-0.39, 0.29) is 12.4 Å². The predicted molar refractivity (Wildman–Crippen MR) is 67.9 cm³/mol. The normalized spacial score (nSPS) is 10.5. The lowest BCUT2D eigenvalue weighted by Gasteiger charge is -2.09. The molecule has 4 heteroatoms. The summed E-state index contributed by atoms with van der Waals surface area (Å²) >= 11 is 7.24. The number of aliphatic hydroxyl groups excluding tert-OH is 1. The largest absolute Gasteiger partial charge is 0.392 e. The number of rotatable bonds is 3. The molecule has 1 nitrogen and oxygen atoms in total. The second kappa shape index (κ2) is 5.54. The molecule has 0 unspecified atom stereocenters. The fourth-order valence-corrected chi connectivity index (χ4v) is 2.64. The predicted octanol–water partition coefficient (Wildman–Crippen LogP) is 4.12. The van der Waals surface area contributed by atoms with Crippen LogP contribution in [0.4, 0.5) is 4.39 Å².